The predicted molar refractivity (Wildman–Crippen MR) is 110 cm³/mol. The van der Waals surface area contributed by atoms with E-state index in [1.54, 1.807) is 12.4 Å². The summed E-state index contributed by atoms with van der Waals surface area (Å²) in [6.07, 6.45) is 6.04. The highest BCUT2D eigenvalue weighted by molar-refractivity contribution is 5.94. The predicted octanol–water partition coefficient (Wildman–Crippen LogP) is 3.30. The van der Waals surface area contributed by atoms with Crippen molar-refractivity contribution in [1.29, 1.82) is 0 Å². The summed E-state index contributed by atoms with van der Waals surface area (Å²) in [5, 5.41) is 0. The summed E-state index contributed by atoms with van der Waals surface area (Å²) in [5.41, 5.74) is 2.91. The minimum Gasteiger partial charge on any atom is -0.369 e. The third-order valence-corrected chi connectivity index (χ3v) is 5.14. The van der Waals surface area contributed by atoms with Gasteiger partial charge in [0.25, 0.3) is 5.91 Å². The van der Waals surface area contributed by atoms with E-state index in [4.69, 9.17) is 0 Å². The van der Waals surface area contributed by atoms with Crippen LogP contribution >= 0.6 is 0 Å². The fraction of sp³-hybridized carbons (Fsp3) is 0.261. The number of anilines is 1. The highest BCUT2D eigenvalue weighted by Crippen LogP contribution is 2.21. The molecule has 2 heterocycles. The van der Waals surface area contributed by atoms with Crippen molar-refractivity contribution in [2.45, 2.75) is 6.42 Å². The van der Waals surface area contributed by atoms with Crippen molar-refractivity contribution in [3.63, 3.8) is 0 Å². The molecule has 142 valence electrons. The van der Waals surface area contributed by atoms with Gasteiger partial charge in [-0.2, -0.15) is 0 Å². The third kappa shape index (κ3) is 4.36. The summed E-state index contributed by atoms with van der Waals surface area (Å²) in [7, 11) is 0. The summed E-state index contributed by atoms with van der Waals surface area (Å²) in [4.78, 5) is 26.1. The molecule has 0 bridgehead atoms. The van der Waals surface area contributed by atoms with Crippen LogP contribution in [0.5, 0.6) is 0 Å². The molecule has 3 aromatic rings. The Bertz CT molecular complexity index is 886. The van der Waals surface area contributed by atoms with Crippen LogP contribution in [-0.4, -0.2) is 47.0 Å². The molecule has 28 heavy (non-hydrogen) atoms. The molecule has 0 saturated carbocycles. The first-order valence-electron chi connectivity index (χ1n) is 9.69. The van der Waals surface area contributed by atoms with Gasteiger partial charge >= 0.3 is 0 Å². The molecule has 5 heteroatoms. The zero-order valence-corrected chi connectivity index (χ0v) is 15.8. The number of nitrogens with zero attached hydrogens (tertiary/aromatic N) is 4. The van der Waals surface area contributed by atoms with E-state index in [1.807, 2.05) is 47.5 Å². The molecular formula is C23H24N4O. The van der Waals surface area contributed by atoms with E-state index >= 15 is 0 Å². The second-order valence-corrected chi connectivity index (χ2v) is 7.17. The SMILES string of the molecule is O=C(c1ccccc1)N1CCN(c2ccccc2)C[C@@H](Cc2cnccn2)C1. The number of hydrogen-bond acceptors (Lipinski definition) is 4. The highest BCUT2D eigenvalue weighted by atomic mass is 16.2. The van der Waals surface area contributed by atoms with E-state index in [9.17, 15) is 4.79 Å². The standard InChI is InChI=1S/C23H24N4O/c28-23(20-7-3-1-4-8-20)27-14-13-26(22-9-5-2-6-10-22)17-19(18-27)15-21-16-24-11-12-25-21/h1-12,16,19H,13-15,17-18H2/t19-/m1/s1. The largest absolute Gasteiger partial charge is 0.369 e. The molecule has 1 atom stereocenters. The third-order valence-electron chi connectivity index (χ3n) is 5.14. The van der Waals surface area contributed by atoms with Gasteiger partial charge in [-0.15, -0.1) is 0 Å². The lowest BCUT2D eigenvalue weighted by Crippen LogP contribution is -2.36. The number of carbonyl (C=O) groups is 1. The molecule has 1 aliphatic heterocycles. The number of aromatic nitrogens is 2. The molecule has 1 fully saturated rings. The molecule has 0 radical (unpaired) electrons. The van der Waals surface area contributed by atoms with Crippen LogP contribution in [0.25, 0.3) is 0 Å². The zero-order chi connectivity index (χ0) is 19.2. The van der Waals surface area contributed by atoms with Crippen LogP contribution in [0.2, 0.25) is 0 Å². The monoisotopic (exact) mass is 372 g/mol. The van der Waals surface area contributed by atoms with Crippen LogP contribution in [0.15, 0.2) is 79.3 Å². The van der Waals surface area contributed by atoms with E-state index in [0.29, 0.717) is 13.1 Å². The molecule has 0 aliphatic carbocycles. The van der Waals surface area contributed by atoms with Crippen LogP contribution in [-0.2, 0) is 6.42 Å². The second kappa shape index (κ2) is 8.65. The lowest BCUT2D eigenvalue weighted by atomic mass is 10.0. The van der Waals surface area contributed by atoms with Gasteiger partial charge in [-0.3, -0.25) is 14.8 Å². The zero-order valence-electron chi connectivity index (χ0n) is 15.8. The number of para-hydroxylation sites is 1. The minimum atomic E-state index is 0.0969. The van der Waals surface area contributed by atoms with Crippen LogP contribution in [0, 0.1) is 5.92 Å². The molecular weight excluding hydrogens is 348 g/mol. The van der Waals surface area contributed by atoms with E-state index in [1.165, 1.54) is 5.69 Å². The first-order chi connectivity index (χ1) is 13.8. The molecule has 1 saturated heterocycles. The number of amides is 1. The van der Waals surface area contributed by atoms with Gasteiger partial charge in [0.05, 0.1) is 5.69 Å². The maximum absolute atomic E-state index is 13.1. The fourth-order valence-corrected chi connectivity index (χ4v) is 3.79. The van der Waals surface area contributed by atoms with Gasteiger partial charge in [-0.25, -0.2) is 0 Å². The smallest absolute Gasteiger partial charge is 0.253 e. The average Bonchev–Trinajstić information content (AvgIpc) is 2.98. The molecule has 1 amide bonds. The van der Waals surface area contributed by atoms with Crippen molar-refractivity contribution in [3.05, 3.63) is 90.5 Å². The van der Waals surface area contributed by atoms with Gasteiger partial charge < -0.3 is 9.80 Å². The van der Waals surface area contributed by atoms with Crippen molar-refractivity contribution in [2.24, 2.45) is 5.92 Å². The highest BCUT2D eigenvalue weighted by Gasteiger charge is 2.27. The Hall–Kier alpha value is -3.21. The fourth-order valence-electron chi connectivity index (χ4n) is 3.79. The molecule has 1 aromatic heterocycles. The van der Waals surface area contributed by atoms with Gasteiger partial charge in [-0.05, 0) is 36.6 Å². The number of rotatable bonds is 4. The van der Waals surface area contributed by atoms with Gasteiger partial charge in [-0.1, -0.05) is 36.4 Å². The number of hydrogen-bond donors (Lipinski definition) is 0. The summed E-state index contributed by atoms with van der Waals surface area (Å²) in [6, 6.07) is 20.0. The Morgan fingerprint density at radius 3 is 2.39 bits per heavy atom. The van der Waals surface area contributed by atoms with Gasteiger partial charge in [0, 0.05) is 56.0 Å². The van der Waals surface area contributed by atoms with Gasteiger partial charge in [0.1, 0.15) is 0 Å². The van der Waals surface area contributed by atoms with Crippen molar-refractivity contribution in [2.75, 3.05) is 31.1 Å². The summed E-state index contributed by atoms with van der Waals surface area (Å²) < 4.78 is 0. The Morgan fingerprint density at radius 2 is 1.68 bits per heavy atom. The topological polar surface area (TPSA) is 49.3 Å². The number of carbonyl (C=O) groups excluding carboxylic acids is 1. The summed E-state index contributed by atoms with van der Waals surface area (Å²) in [6.45, 7) is 3.13. The second-order valence-electron chi connectivity index (χ2n) is 7.17. The van der Waals surface area contributed by atoms with Gasteiger partial charge in [0.15, 0.2) is 0 Å². The first-order valence-corrected chi connectivity index (χ1v) is 9.69. The molecule has 0 N–H and O–H groups in total. The Balaban J connectivity index is 1.57. The van der Waals surface area contributed by atoms with Crippen molar-refractivity contribution in [1.82, 2.24) is 14.9 Å². The number of benzene rings is 2. The lowest BCUT2D eigenvalue weighted by Gasteiger charge is -2.25. The van der Waals surface area contributed by atoms with Crippen molar-refractivity contribution < 1.29 is 4.79 Å². The Labute approximate surface area is 165 Å². The molecule has 1 aliphatic rings. The normalized spacial score (nSPS) is 17.2. The van der Waals surface area contributed by atoms with Crippen molar-refractivity contribution in [3.8, 4) is 0 Å². The summed E-state index contributed by atoms with van der Waals surface area (Å²) in [5.74, 6) is 0.381. The van der Waals surface area contributed by atoms with Crippen LogP contribution in [0.1, 0.15) is 16.1 Å². The summed E-state index contributed by atoms with van der Waals surface area (Å²) >= 11 is 0. The average molecular weight is 372 g/mol. The molecule has 2 aromatic carbocycles. The van der Waals surface area contributed by atoms with Gasteiger partial charge in [0.2, 0.25) is 0 Å². The molecule has 5 nitrogen and oxygen atoms in total. The van der Waals surface area contributed by atoms with Crippen LogP contribution in [0.4, 0.5) is 5.69 Å². The lowest BCUT2D eigenvalue weighted by molar-refractivity contribution is 0.0747. The Kier molecular flexibility index (Phi) is 5.61. The first kappa shape index (κ1) is 18.2. The molecule has 0 unspecified atom stereocenters. The maximum atomic E-state index is 13.1. The van der Waals surface area contributed by atoms with E-state index in [-0.39, 0.29) is 11.8 Å². The maximum Gasteiger partial charge on any atom is 0.253 e. The van der Waals surface area contributed by atoms with E-state index in [0.717, 1.165) is 30.8 Å². The Morgan fingerprint density at radius 1 is 0.929 bits per heavy atom. The minimum absolute atomic E-state index is 0.0969. The van der Waals surface area contributed by atoms with E-state index in [2.05, 4.69) is 39.1 Å². The van der Waals surface area contributed by atoms with Crippen LogP contribution in [0.3, 0.4) is 0 Å². The molecule has 4 rings (SSSR count). The van der Waals surface area contributed by atoms with Crippen LogP contribution < -0.4 is 4.90 Å². The quantitative estimate of drug-likeness (QED) is 0.705. The van der Waals surface area contributed by atoms with E-state index < -0.39 is 0 Å². The van der Waals surface area contributed by atoms with Crippen molar-refractivity contribution >= 4 is 11.6 Å². The molecule has 0 spiro atoms.